The van der Waals surface area contributed by atoms with Crippen molar-refractivity contribution in [2.24, 2.45) is 0 Å². The lowest BCUT2D eigenvalue weighted by Crippen LogP contribution is -2.05. The number of aliphatic hydroxyl groups excluding tert-OH is 1. The van der Waals surface area contributed by atoms with E-state index in [0.29, 0.717) is 5.57 Å². The molecule has 0 aliphatic carbocycles. The number of carbonyl (C=O) groups is 1. The number of benzene rings is 3. The Balaban J connectivity index is 1.81. The molecule has 0 radical (unpaired) electrons. The van der Waals surface area contributed by atoms with E-state index in [4.69, 9.17) is 14.6 Å². The monoisotopic (exact) mass is 402 g/mol. The number of rotatable bonds is 8. The van der Waals surface area contributed by atoms with Crippen molar-refractivity contribution >= 4 is 5.97 Å². The van der Waals surface area contributed by atoms with Gasteiger partial charge in [-0.2, -0.15) is 0 Å². The molecule has 0 saturated carbocycles. The van der Waals surface area contributed by atoms with Crippen molar-refractivity contribution in [1.29, 1.82) is 0 Å². The topological polar surface area (TPSA) is 55.8 Å². The van der Waals surface area contributed by atoms with Crippen LogP contribution >= 0.6 is 0 Å². The van der Waals surface area contributed by atoms with Crippen LogP contribution in [0.25, 0.3) is 22.3 Å². The average Bonchev–Trinajstić information content (AvgIpc) is 2.76. The van der Waals surface area contributed by atoms with Crippen molar-refractivity contribution in [1.82, 2.24) is 0 Å². The Morgan fingerprint density at radius 1 is 0.967 bits per heavy atom. The number of hydrogen-bond acceptors (Lipinski definition) is 4. The van der Waals surface area contributed by atoms with Gasteiger partial charge in [0, 0.05) is 5.57 Å². The van der Waals surface area contributed by atoms with Crippen LogP contribution in [-0.2, 0) is 16.1 Å². The highest BCUT2D eigenvalue weighted by molar-refractivity contribution is 5.87. The predicted molar refractivity (Wildman–Crippen MR) is 119 cm³/mol. The highest BCUT2D eigenvalue weighted by atomic mass is 16.5. The van der Waals surface area contributed by atoms with Gasteiger partial charge in [-0.25, -0.2) is 4.79 Å². The van der Waals surface area contributed by atoms with Gasteiger partial charge in [-0.1, -0.05) is 61.2 Å². The molecule has 0 bridgehead atoms. The molecule has 3 aromatic rings. The summed E-state index contributed by atoms with van der Waals surface area (Å²) in [6.07, 6.45) is 0. The van der Waals surface area contributed by atoms with Gasteiger partial charge in [-0.3, -0.25) is 0 Å². The second kappa shape index (κ2) is 9.90. The fourth-order valence-electron chi connectivity index (χ4n) is 3.24. The van der Waals surface area contributed by atoms with Crippen LogP contribution in [0.1, 0.15) is 18.1 Å². The van der Waals surface area contributed by atoms with Crippen LogP contribution < -0.4 is 4.74 Å². The molecular formula is C26H26O4. The molecule has 3 aromatic carbocycles. The number of esters is 1. The zero-order valence-electron chi connectivity index (χ0n) is 17.4. The molecule has 1 N–H and O–H groups in total. The number of hydrogen-bond donors (Lipinski definition) is 1. The Hall–Kier alpha value is -3.37. The third-order valence-electron chi connectivity index (χ3n) is 4.79. The van der Waals surface area contributed by atoms with Crippen LogP contribution in [-0.4, -0.2) is 24.3 Å². The highest BCUT2D eigenvalue weighted by Crippen LogP contribution is 2.30. The summed E-state index contributed by atoms with van der Waals surface area (Å²) < 4.78 is 10.8. The van der Waals surface area contributed by atoms with Gasteiger partial charge in [0.25, 0.3) is 0 Å². The van der Waals surface area contributed by atoms with E-state index in [-0.39, 0.29) is 25.8 Å². The lowest BCUT2D eigenvalue weighted by molar-refractivity contribution is -0.140. The van der Waals surface area contributed by atoms with Crippen molar-refractivity contribution in [3.63, 3.8) is 0 Å². The molecule has 3 rings (SSSR count). The first-order valence-electron chi connectivity index (χ1n) is 9.85. The lowest BCUT2D eigenvalue weighted by atomic mass is 9.95. The molecule has 0 amide bonds. The molecule has 0 fully saturated rings. The Bertz CT molecular complexity index is 1040. The molecule has 0 unspecified atom stereocenters. The Kier molecular flexibility index (Phi) is 7.04. The van der Waals surface area contributed by atoms with Gasteiger partial charge < -0.3 is 14.6 Å². The van der Waals surface area contributed by atoms with E-state index < -0.39 is 0 Å². The van der Waals surface area contributed by atoms with Crippen LogP contribution in [0.15, 0.2) is 78.9 Å². The summed E-state index contributed by atoms with van der Waals surface area (Å²) in [6.45, 7) is 7.79. The second-order valence-corrected chi connectivity index (χ2v) is 7.14. The fourth-order valence-corrected chi connectivity index (χ4v) is 3.24. The molecule has 4 heteroatoms. The van der Waals surface area contributed by atoms with E-state index in [1.807, 2.05) is 49.4 Å². The van der Waals surface area contributed by atoms with E-state index in [9.17, 15) is 4.79 Å². The summed E-state index contributed by atoms with van der Waals surface area (Å²) in [7, 11) is 0. The van der Waals surface area contributed by atoms with E-state index in [1.165, 1.54) is 0 Å². The van der Waals surface area contributed by atoms with Crippen LogP contribution in [0.3, 0.4) is 0 Å². The summed E-state index contributed by atoms with van der Waals surface area (Å²) >= 11 is 0. The van der Waals surface area contributed by atoms with Gasteiger partial charge in [0.15, 0.2) is 0 Å². The van der Waals surface area contributed by atoms with Crippen molar-refractivity contribution in [3.05, 3.63) is 90.0 Å². The van der Waals surface area contributed by atoms with Gasteiger partial charge in [0.05, 0.1) is 6.61 Å². The SMILES string of the molecule is C=C(C)C(=O)OCc1ccccc1-c1ccc(-c2ccc(OCCO)cc2C)cc1. The molecule has 0 atom stereocenters. The fraction of sp³-hybridized carbons (Fsp3) is 0.192. The Labute approximate surface area is 177 Å². The van der Waals surface area contributed by atoms with E-state index in [1.54, 1.807) is 6.92 Å². The molecule has 0 aliphatic rings. The third-order valence-corrected chi connectivity index (χ3v) is 4.79. The van der Waals surface area contributed by atoms with Gasteiger partial charge in [-0.15, -0.1) is 0 Å². The number of ether oxygens (including phenoxy) is 2. The van der Waals surface area contributed by atoms with E-state index >= 15 is 0 Å². The normalized spacial score (nSPS) is 10.5. The molecule has 0 heterocycles. The van der Waals surface area contributed by atoms with Crippen LogP contribution in [0, 0.1) is 6.92 Å². The average molecular weight is 402 g/mol. The summed E-state index contributed by atoms with van der Waals surface area (Å²) in [5.74, 6) is 0.363. The minimum absolute atomic E-state index is 0.00384. The Morgan fingerprint density at radius 3 is 2.27 bits per heavy atom. The van der Waals surface area contributed by atoms with E-state index in [2.05, 4.69) is 30.8 Å². The Morgan fingerprint density at radius 2 is 1.63 bits per heavy atom. The first-order valence-corrected chi connectivity index (χ1v) is 9.85. The molecule has 154 valence electrons. The maximum absolute atomic E-state index is 11.7. The summed E-state index contributed by atoms with van der Waals surface area (Å²) in [6, 6.07) is 22.1. The zero-order valence-corrected chi connectivity index (χ0v) is 17.4. The smallest absolute Gasteiger partial charge is 0.333 e. The van der Waals surface area contributed by atoms with E-state index in [0.717, 1.165) is 39.1 Å². The maximum Gasteiger partial charge on any atom is 0.333 e. The van der Waals surface area contributed by atoms with Crippen LogP contribution in [0.4, 0.5) is 0 Å². The first kappa shape index (κ1) is 21.3. The van der Waals surface area contributed by atoms with Gasteiger partial charge in [0.2, 0.25) is 0 Å². The summed E-state index contributed by atoms with van der Waals surface area (Å²) in [5, 5.41) is 8.90. The first-order chi connectivity index (χ1) is 14.5. The second-order valence-electron chi connectivity index (χ2n) is 7.14. The van der Waals surface area contributed by atoms with Gasteiger partial charge in [0.1, 0.15) is 19.0 Å². The van der Waals surface area contributed by atoms with Crippen LogP contribution in [0.5, 0.6) is 5.75 Å². The number of aliphatic hydroxyl groups is 1. The predicted octanol–water partition coefficient (Wildman–Crippen LogP) is 5.32. The molecular weight excluding hydrogens is 376 g/mol. The zero-order chi connectivity index (χ0) is 21.5. The third kappa shape index (κ3) is 5.16. The van der Waals surface area contributed by atoms with Crippen molar-refractivity contribution in [2.75, 3.05) is 13.2 Å². The molecule has 0 saturated heterocycles. The van der Waals surface area contributed by atoms with Crippen molar-refractivity contribution < 1.29 is 19.4 Å². The molecule has 4 nitrogen and oxygen atoms in total. The molecule has 0 spiro atoms. The number of carbonyl (C=O) groups excluding carboxylic acids is 1. The summed E-state index contributed by atoms with van der Waals surface area (Å²) in [5.41, 5.74) is 6.76. The number of aryl methyl sites for hydroxylation is 1. The standard InChI is InChI=1S/C26H26O4/c1-18(2)26(28)30-17-22-6-4-5-7-25(22)21-10-8-20(9-11-21)24-13-12-23(16-19(24)3)29-15-14-27/h4-13,16,27H,1,14-15,17H2,2-3H3. The maximum atomic E-state index is 11.7. The molecule has 0 aromatic heterocycles. The lowest BCUT2D eigenvalue weighted by Gasteiger charge is -2.13. The quantitative estimate of drug-likeness (QED) is 0.409. The van der Waals surface area contributed by atoms with Crippen molar-refractivity contribution in [3.8, 4) is 28.0 Å². The summed E-state index contributed by atoms with van der Waals surface area (Å²) in [4.78, 5) is 11.7. The van der Waals surface area contributed by atoms with Crippen molar-refractivity contribution in [2.45, 2.75) is 20.5 Å². The minimum atomic E-state index is -0.387. The van der Waals surface area contributed by atoms with Crippen LogP contribution in [0.2, 0.25) is 0 Å². The van der Waals surface area contributed by atoms with Gasteiger partial charge in [-0.05, 0) is 59.4 Å². The largest absolute Gasteiger partial charge is 0.491 e. The highest BCUT2D eigenvalue weighted by Gasteiger charge is 2.10. The van der Waals surface area contributed by atoms with Gasteiger partial charge >= 0.3 is 5.97 Å². The molecule has 30 heavy (non-hydrogen) atoms. The molecule has 0 aliphatic heterocycles. The minimum Gasteiger partial charge on any atom is -0.491 e.